The molecule has 1 amide bonds. The first-order valence-electron chi connectivity index (χ1n) is 12.6. The number of hydrogen-bond acceptors (Lipinski definition) is 3. The Morgan fingerprint density at radius 1 is 0.789 bits per heavy atom. The molecule has 0 fully saturated rings. The predicted molar refractivity (Wildman–Crippen MR) is 155 cm³/mol. The number of anilines is 1. The standard InChI is InChI=1S/C32H34N2O3S/c1-22-12-18-29(25(4)19-22)31(27-9-7-6-8-10-27)33-32(35)28-16-14-26(15-17-28)21-34(38(5,36)37)30-20-23(2)11-13-24(30)3/h6-20,31H,21H2,1-5H3,(H,33,35)/t31-/m0/s1. The van der Waals surface area contributed by atoms with Gasteiger partial charge in [0.25, 0.3) is 5.91 Å². The summed E-state index contributed by atoms with van der Waals surface area (Å²) in [5.74, 6) is -0.195. The highest BCUT2D eigenvalue weighted by atomic mass is 32.2. The first kappa shape index (κ1) is 27.1. The number of sulfonamides is 1. The lowest BCUT2D eigenvalue weighted by Gasteiger charge is -2.25. The van der Waals surface area contributed by atoms with Gasteiger partial charge in [-0.2, -0.15) is 0 Å². The molecule has 0 aliphatic rings. The van der Waals surface area contributed by atoms with Crippen molar-refractivity contribution in [2.45, 2.75) is 40.3 Å². The van der Waals surface area contributed by atoms with Crippen molar-refractivity contribution in [1.82, 2.24) is 5.32 Å². The lowest BCUT2D eigenvalue weighted by Crippen LogP contribution is -2.30. The van der Waals surface area contributed by atoms with Gasteiger partial charge in [0.05, 0.1) is 24.5 Å². The van der Waals surface area contributed by atoms with Crippen LogP contribution in [0.15, 0.2) is 91.0 Å². The summed E-state index contributed by atoms with van der Waals surface area (Å²) in [7, 11) is -3.51. The van der Waals surface area contributed by atoms with Crippen molar-refractivity contribution in [3.63, 3.8) is 0 Å². The van der Waals surface area contributed by atoms with Crippen LogP contribution in [0.2, 0.25) is 0 Å². The van der Waals surface area contributed by atoms with Gasteiger partial charge in [0, 0.05) is 5.56 Å². The Labute approximate surface area is 226 Å². The number of nitrogens with zero attached hydrogens (tertiary/aromatic N) is 1. The number of hydrogen-bond donors (Lipinski definition) is 1. The highest BCUT2D eigenvalue weighted by molar-refractivity contribution is 7.92. The summed E-state index contributed by atoms with van der Waals surface area (Å²) in [6.07, 6.45) is 1.22. The van der Waals surface area contributed by atoms with Crippen LogP contribution in [0.1, 0.15) is 55.3 Å². The minimum atomic E-state index is -3.51. The van der Waals surface area contributed by atoms with Gasteiger partial charge >= 0.3 is 0 Å². The lowest BCUT2D eigenvalue weighted by molar-refractivity contribution is 0.0943. The van der Waals surface area contributed by atoms with Crippen molar-refractivity contribution < 1.29 is 13.2 Å². The number of nitrogens with one attached hydrogen (secondary N) is 1. The summed E-state index contributed by atoms with van der Waals surface area (Å²) in [6, 6.07) is 28.8. The maximum atomic E-state index is 13.4. The van der Waals surface area contributed by atoms with Gasteiger partial charge in [0.2, 0.25) is 10.0 Å². The Morgan fingerprint density at radius 2 is 1.42 bits per heavy atom. The molecule has 1 N–H and O–H groups in total. The molecule has 4 aromatic rings. The van der Waals surface area contributed by atoms with Crippen molar-refractivity contribution in [2.75, 3.05) is 10.6 Å². The summed E-state index contributed by atoms with van der Waals surface area (Å²) in [5.41, 5.74) is 8.17. The van der Waals surface area contributed by atoms with E-state index in [1.807, 2.05) is 74.5 Å². The summed E-state index contributed by atoms with van der Waals surface area (Å²) < 4.78 is 26.8. The molecule has 1 atom stereocenters. The highest BCUT2D eigenvalue weighted by Crippen LogP contribution is 2.28. The molecule has 38 heavy (non-hydrogen) atoms. The van der Waals surface area contributed by atoms with E-state index < -0.39 is 10.0 Å². The molecule has 6 heteroatoms. The Balaban J connectivity index is 1.58. The maximum absolute atomic E-state index is 13.4. The fourth-order valence-corrected chi connectivity index (χ4v) is 5.58. The normalized spacial score (nSPS) is 12.1. The van der Waals surface area contributed by atoms with Crippen LogP contribution in [-0.4, -0.2) is 20.6 Å². The summed E-state index contributed by atoms with van der Waals surface area (Å²) >= 11 is 0. The molecule has 0 aromatic heterocycles. The molecule has 0 unspecified atom stereocenters. The number of benzene rings is 4. The smallest absolute Gasteiger partial charge is 0.252 e. The summed E-state index contributed by atoms with van der Waals surface area (Å²) in [5, 5.41) is 3.20. The van der Waals surface area contributed by atoms with Crippen molar-refractivity contribution in [3.8, 4) is 0 Å². The van der Waals surface area contributed by atoms with Gasteiger partial charge in [-0.25, -0.2) is 8.42 Å². The fourth-order valence-electron chi connectivity index (χ4n) is 4.65. The Hall–Kier alpha value is -3.90. The zero-order valence-corrected chi connectivity index (χ0v) is 23.3. The van der Waals surface area contributed by atoms with Gasteiger partial charge in [-0.3, -0.25) is 9.10 Å². The Bertz CT molecular complexity index is 1550. The van der Waals surface area contributed by atoms with Crippen LogP contribution in [0.5, 0.6) is 0 Å². The Morgan fingerprint density at radius 3 is 2.05 bits per heavy atom. The second kappa shape index (κ2) is 11.2. The average molecular weight is 527 g/mol. The largest absolute Gasteiger partial charge is 0.341 e. The van der Waals surface area contributed by atoms with E-state index in [0.29, 0.717) is 11.3 Å². The summed E-state index contributed by atoms with van der Waals surface area (Å²) in [6.45, 7) is 8.14. The van der Waals surface area contributed by atoms with Gasteiger partial charge in [0.15, 0.2) is 0 Å². The molecule has 0 heterocycles. The van der Waals surface area contributed by atoms with Gasteiger partial charge in [-0.05, 0) is 79.3 Å². The maximum Gasteiger partial charge on any atom is 0.252 e. The van der Waals surface area contributed by atoms with E-state index in [-0.39, 0.29) is 18.5 Å². The zero-order valence-electron chi connectivity index (χ0n) is 22.5. The van der Waals surface area contributed by atoms with Crippen LogP contribution in [0, 0.1) is 27.7 Å². The minimum Gasteiger partial charge on any atom is -0.341 e. The monoisotopic (exact) mass is 526 g/mol. The molecule has 196 valence electrons. The minimum absolute atomic E-state index is 0.181. The molecular weight excluding hydrogens is 492 g/mol. The number of carbonyl (C=O) groups excluding carboxylic acids is 1. The van der Waals surface area contributed by atoms with E-state index in [1.54, 1.807) is 12.1 Å². The topological polar surface area (TPSA) is 66.5 Å². The van der Waals surface area contributed by atoms with Crippen molar-refractivity contribution in [2.24, 2.45) is 0 Å². The van der Waals surface area contributed by atoms with Crippen LogP contribution in [-0.2, 0) is 16.6 Å². The average Bonchev–Trinajstić information content (AvgIpc) is 2.88. The first-order valence-corrected chi connectivity index (χ1v) is 14.4. The van der Waals surface area contributed by atoms with E-state index >= 15 is 0 Å². The quantitative estimate of drug-likeness (QED) is 0.289. The fraction of sp³-hybridized carbons (Fsp3) is 0.219. The highest BCUT2D eigenvalue weighted by Gasteiger charge is 2.22. The zero-order chi connectivity index (χ0) is 27.4. The van der Waals surface area contributed by atoms with Crippen molar-refractivity contribution in [3.05, 3.63) is 136 Å². The SMILES string of the molecule is Cc1ccc([C@@H](NC(=O)c2ccc(CN(c3cc(C)ccc3C)S(C)(=O)=O)cc2)c2ccccc2)c(C)c1. The second-order valence-electron chi connectivity index (χ2n) is 9.93. The van der Waals surface area contributed by atoms with Gasteiger partial charge < -0.3 is 5.32 Å². The third kappa shape index (κ3) is 6.32. The molecule has 5 nitrogen and oxygen atoms in total. The van der Waals surface area contributed by atoms with Crippen LogP contribution in [0.3, 0.4) is 0 Å². The van der Waals surface area contributed by atoms with Crippen molar-refractivity contribution >= 4 is 21.6 Å². The molecule has 0 aliphatic carbocycles. The molecule has 4 rings (SSSR count). The van der Waals surface area contributed by atoms with E-state index in [9.17, 15) is 13.2 Å². The molecule has 0 saturated carbocycles. The van der Waals surface area contributed by atoms with Gasteiger partial charge in [0.1, 0.15) is 0 Å². The summed E-state index contributed by atoms with van der Waals surface area (Å²) in [4.78, 5) is 13.4. The molecule has 0 bridgehead atoms. The predicted octanol–water partition coefficient (Wildman–Crippen LogP) is 6.41. The molecule has 0 aliphatic heterocycles. The van der Waals surface area contributed by atoms with E-state index in [1.165, 1.54) is 16.1 Å². The number of carbonyl (C=O) groups is 1. The van der Waals surface area contributed by atoms with Crippen LogP contribution in [0.25, 0.3) is 0 Å². The van der Waals surface area contributed by atoms with Crippen LogP contribution < -0.4 is 9.62 Å². The number of rotatable bonds is 8. The number of amides is 1. The molecule has 0 saturated heterocycles. The first-order chi connectivity index (χ1) is 18.0. The van der Waals surface area contributed by atoms with E-state index in [0.717, 1.165) is 33.4 Å². The van der Waals surface area contributed by atoms with Crippen LogP contribution >= 0.6 is 0 Å². The third-order valence-electron chi connectivity index (χ3n) is 6.72. The van der Waals surface area contributed by atoms with Crippen LogP contribution in [0.4, 0.5) is 5.69 Å². The molecule has 0 radical (unpaired) electrons. The van der Waals surface area contributed by atoms with E-state index in [4.69, 9.17) is 0 Å². The second-order valence-corrected chi connectivity index (χ2v) is 11.8. The van der Waals surface area contributed by atoms with E-state index in [2.05, 4.69) is 37.4 Å². The molecule has 0 spiro atoms. The molecule has 4 aromatic carbocycles. The molecular formula is C32H34N2O3S. The van der Waals surface area contributed by atoms with Gasteiger partial charge in [-0.15, -0.1) is 0 Å². The van der Waals surface area contributed by atoms with Gasteiger partial charge in [-0.1, -0.05) is 78.4 Å². The lowest BCUT2D eigenvalue weighted by atomic mass is 9.93. The van der Waals surface area contributed by atoms with Crippen molar-refractivity contribution in [1.29, 1.82) is 0 Å². The third-order valence-corrected chi connectivity index (χ3v) is 7.85. The Kier molecular flexibility index (Phi) is 8.02. The number of aryl methyl sites for hydroxylation is 4.